The van der Waals surface area contributed by atoms with E-state index in [2.05, 4.69) is 30.3 Å². The highest BCUT2D eigenvalue weighted by molar-refractivity contribution is 5.69. The predicted molar refractivity (Wildman–Crippen MR) is 123 cm³/mol. The van der Waals surface area contributed by atoms with Crippen molar-refractivity contribution in [2.24, 2.45) is 5.73 Å². The van der Waals surface area contributed by atoms with Gasteiger partial charge >= 0.3 is 6.09 Å². The van der Waals surface area contributed by atoms with Crippen LogP contribution in [-0.2, 0) is 16.1 Å². The number of likely N-dealkylation sites (tertiary alicyclic amines) is 1. The first-order valence-electron chi connectivity index (χ1n) is 11.6. The normalized spacial score (nSPS) is 27.9. The second-order valence-corrected chi connectivity index (χ2v) is 9.11. The lowest BCUT2D eigenvalue weighted by Crippen LogP contribution is -2.57. The van der Waals surface area contributed by atoms with Gasteiger partial charge in [-0.2, -0.15) is 0 Å². The number of amides is 1. The number of hydrogen-bond donors (Lipinski definition) is 2. The van der Waals surface area contributed by atoms with E-state index in [4.69, 9.17) is 15.2 Å². The smallest absolute Gasteiger partial charge is 0.410 e. The van der Waals surface area contributed by atoms with Crippen LogP contribution in [0.4, 0.5) is 4.79 Å². The molecule has 0 unspecified atom stereocenters. The minimum absolute atomic E-state index is 0.153. The number of hydrogen-bond acceptors (Lipinski definition) is 5. The summed E-state index contributed by atoms with van der Waals surface area (Å²) in [7, 11) is 0. The second kappa shape index (κ2) is 10.5. The summed E-state index contributed by atoms with van der Waals surface area (Å²) in [6.45, 7) is 0.797. The summed E-state index contributed by atoms with van der Waals surface area (Å²) in [5.74, 6) is 0.582. The van der Waals surface area contributed by atoms with Crippen LogP contribution in [0.15, 0.2) is 60.7 Å². The molecular weight excluding hydrogens is 404 g/mol. The van der Waals surface area contributed by atoms with E-state index in [1.54, 1.807) is 4.90 Å². The van der Waals surface area contributed by atoms with Gasteiger partial charge in [0.15, 0.2) is 0 Å². The van der Waals surface area contributed by atoms with Crippen LogP contribution < -0.4 is 5.73 Å². The highest BCUT2D eigenvalue weighted by Gasteiger charge is 2.47. The van der Waals surface area contributed by atoms with E-state index in [0.29, 0.717) is 25.5 Å². The molecule has 1 amide bonds. The fourth-order valence-electron chi connectivity index (χ4n) is 4.94. The van der Waals surface area contributed by atoms with Crippen LogP contribution in [-0.4, -0.2) is 53.5 Å². The predicted octanol–water partition coefficient (Wildman–Crippen LogP) is 3.83. The lowest BCUT2D eigenvalue weighted by Gasteiger charge is -2.35. The molecule has 3 N–H and O–H groups in total. The van der Waals surface area contributed by atoms with Crippen molar-refractivity contribution in [3.63, 3.8) is 0 Å². The van der Waals surface area contributed by atoms with Gasteiger partial charge in [0.1, 0.15) is 6.61 Å². The number of carbonyl (C=O) groups is 1. The van der Waals surface area contributed by atoms with Gasteiger partial charge in [0, 0.05) is 6.54 Å². The molecule has 1 saturated carbocycles. The molecule has 2 aromatic rings. The van der Waals surface area contributed by atoms with Gasteiger partial charge in [0.05, 0.1) is 30.9 Å². The van der Waals surface area contributed by atoms with Gasteiger partial charge < -0.3 is 25.2 Å². The van der Waals surface area contributed by atoms with Crippen LogP contribution in [0.2, 0.25) is 0 Å². The Balaban J connectivity index is 1.31. The standard InChI is InChI=1S/C26H34N2O4/c27-26(19-29)15-16-28(25(30)32-17-20-7-3-1-4-8-20)24(26)18-31-23-13-11-22(12-14-23)21-9-5-2-6-10-21/h1-10,22-24,29H,11-19,27H2/t22?,23?,24-,26+/m0/s1. The van der Waals surface area contributed by atoms with Crippen molar-refractivity contribution >= 4 is 6.09 Å². The largest absolute Gasteiger partial charge is 0.445 e. The van der Waals surface area contributed by atoms with Crippen LogP contribution in [0.1, 0.15) is 49.1 Å². The molecule has 2 aromatic carbocycles. The Morgan fingerprint density at radius 3 is 2.34 bits per heavy atom. The molecule has 1 aliphatic carbocycles. The Labute approximate surface area is 190 Å². The number of carbonyl (C=O) groups excluding carboxylic acids is 1. The third-order valence-corrected chi connectivity index (χ3v) is 7.03. The Morgan fingerprint density at radius 2 is 1.69 bits per heavy atom. The third kappa shape index (κ3) is 5.31. The average Bonchev–Trinajstić information content (AvgIpc) is 3.19. The maximum Gasteiger partial charge on any atom is 0.410 e. The summed E-state index contributed by atoms with van der Waals surface area (Å²) in [6.07, 6.45) is 4.43. The molecule has 32 heavy (non-hydrogen) atoms. The van der Waals surface area contributed by atoms with E-state index >= 15 is 0 Å². The highest BCUT2D eigenvalue weighted by atomic mass is 16.6. The van der Waals surface area contributed by atoms with E-state index < -0.39 is 17.7 Å². The molecule has 172 valence electrons. The SMILES string of the molecule is N[C@@]1(CO)CCN(C(=O)OCc2ccccc2)[C@H]1COC1CCC(c2ccccc2)CC1. The van der Waals surface area contributed by atoms with Crippen molar-refractivity contribution in [1.29, 1.82) is 0 Å². The molecule has 0 spiro atoms. The van der Waals surface area contributed by atoms with Crippen molar-refractivity contribution in [1.82, 2.24) is 4.90 Å². The molecule has 1 heterocycles. The molecule has 0 radical (unpaired) electrons. The molecule has 1 saturated heterocycles. The number of benzene rings is 2. The summed E-state index contributed by atoms with van der Waals surface area (Å²) in [6, 6.07) is 19.8. The van der Waals surface area contributed by atoms with Gasteiger partial charge in [0.25, 0.3) is 0 Å². The van der Waals surface area contributed by atoms with Gasteiger partial charge in [-0.1, -0.05) is 60.7 Å². The monoisotopic (exact) mass is 438 g/mol. The van der Waals surface area contributed by atoms with Crippen LogP contribution in [0.3, 0.4) is 0 Å². The summed E-state index contributed by atoms with van der Waals surface area (Å²) < 4.78 is 11.8. The molecule has 0 bridgehead atoms. The highest BCUT2D eigenvalue weighted by Crippen LogP contribution is 2.35. The molecule has 2 aliphatic rings. The number of aliphatic hydroxyl groups excluding tert-OH is 1. The summed E-state index contributed by atoms with van der Waals surface area (Å²) in [5.41, 5.74) is 7.94. The van der Waals surface area contributed by atoms with Gasteiger partial charge in [-0.15, -0.1) is 0 Å². The molecule has 0 aromatic heterocycles. The van der Waals surface area contributed by atoms with Gasteiger partial charge in [-0.25, -0.2) is 4.79 Å². The van der Waals surface area contributed by atoms with Gasteiger partial charge in [0.2, 0.25) is 0 Å². The van der Waals surface area contributed by atoms with Crippen molar-refractivity contribution in [2.75, 3.05) is 19.8 Å². The van der Waals surface area contributed by atoms with Crippen LogP contribution >= 0.6 is 0 Å². The summed E-state index contributed by atoms with van der Waals surface area (Å²) in [5, 5.41) is 9.94. The van der Waals surface area contributed by atoms with Crippen LogP contribution in [0.25, 0.3) is 0 Å². The first kappa shape index (κ1) is 22.8. The van der Waals surface area contributed by atoms with E-state index in [-0.39, 0.29) is 19.3 Å². The van der Waals surface area contributed by atoms with Gasteiger partial charge in [-0.3, -0.25) is 0 Å². The lowest BCUT2D eigenvalue weighted by atomic mass is 9.83. The van der Waals surface area contributed by atoms with Crippen LogP contribution in [0.5, 0.6) is 0 Å². The van der Waals surface area contributed by atoms with Crippen LogP contribution in [0, 0.1) is 0 Å². The first-order chi connectivity index (χ1) is 15.6. The number of nitrogens with two attached hydrogens (primary N) is 1. The van der Waals surface area contributed by atoms with Gasteiger partial charge in [-0.05, 0) is 49.1 Å². The number of ether oxygens (including phenoxy) is 2. The molecule has 6 nitrogen and oxygen atoms in total. The number of rotatable bonds is 7. The zero-order chi connectivity index (χ0) is 22.4. The molecule has 1 aliphatic heterocycles. The van der Waals surface area contributed by atoms with Crippen molar-refractivity contribution in [3.05, 3.63) is 71.8 Å². The second-order valence-electron chi connectivity index (χ2n) is 9.11. The summed E-state index contributed by atoms with van der Waals surface area (Å²) >= 11 is 0. The maximum absolute atomic E-state index is 12.8. The fraction of sp³-hybridized carbons (Fsp3) is 0.500. The molecule has 2 atom stereocenters. The van der Waals surface area contributed by atoms with Crippen molar-refractivity contribution in [2.45, 2.75) is 62.3 Å². The average molecular weight is 439 g/mol. The number of aliphatic hydroxyl groups is 1. The minimum atomic E-state index is -0.868. The maximum atomic E-state index is 12.8. The zero-order valence-corrected chi connectivity index (χ0v) is 18.6. The zero-order valence-electron chi connectivity index (χ0n) is 18.6. The van der Waals surface area contributed by atoms with E-state index in [1.807, 2.05) is 30.3 Å². The third-order valence-electron chi connectivity index (χ3n) is 7.03. The minimum Gasteiger partial charge on any atom is -0.445 e. The Morgan fingerprint density at radius 1 is 1.03 bits per heavy atom. The van der Waals surface area contributed by atoms with Crippen molar-refractivity contribution < 1.29 is 19.4 Å². The molecule has 2 fully saturated rings. The topological polar surface area (TPSA) is 85.0 Å². The summed E-state index contributed by atoms with van der Waals surface area (Å²) in [4.78, 5) is 14.4. The molecule has 6 heteroatoms. The fourth-order valence-corrected chi connectivity index (χ4v) is 4.94. The van der Waals surface area contributed by atoms with Crippen molar-refractivity contribution in [3.8, 4) is 0 Å². The Kier molecular flexibility index (Phi) is 7.45. The lowest BCUT2D eigenvalue weighted by molar-refractivity contribution is -0.0202. The Bertz CT molecular complexity index is 855. The number of nitrogens with zero attached hydrogens (tertiary/aromatic N) is 1. The molecule has 4 rings (SSSR count). The first-order valence-corrected chi connectivity index (χ1v) is 11.6. The van der Waals surface area contributed by atoms with E-state index in [9.17, 15) is 9.90 Å². The van der Waals surface area contributed by atoms with E-state index in [0.717, 1.165) is 31.2 Å². The van der Waals surface area contributed by atoms with E-state index in [1.165, 1.54) is 5.56 Å². The molecular formula is C26H34N2O4. The quantitative estimate of drug-likeness (QED) is 0.686. The Hall–Kier alpha value is -2.41.